The van der Waals surface area contributed by atoms with Crippen LogP contribution in [-0.4, -0.2) is 152 Å². The number of hydrogen-bond donors (Lipinski definition) is 15. The first-order valence-electron chi connectivity index (χ1n) is 16.3. The molecular weight excluding hydrogens is 722 g/mol. The van der Waals surface area contributed by atoms with Gasteiger partial charge in [-0.25, -0.2) is 9.78 Å². The number of aromatic nitrogens is 2. The molecule has 0 unspecified atom stereocenters. The molecule has 0 aliphatic rings. The molecule has 0 spiro atoms. The summed E-state index contributed by atoms with van der Waals surface area (Å²) in [5, 5.41) is 51.5. The molecule has 25 heteroatoms. The Bertz CT molecular complexity index is 1490. The highest BCUT2D eigenvalue weighted by Gasteiger charge is 2.34. The number of nitrogens with zero attached hydrogens (tertiary/aromatic N) is 2. The number of aliphatic carboxylic acids is 1. The monoisotopic (exact) mass is 771 g/mol. The zero-order chi connectivity index (χ0) is 41.1. The lowest BCUT2D eigenvalue weighted by molar-refractivity contribution is -0.145. The van der Waals surface area contributed by atoms with Gasteiger partial charge in [0.15, 0.2) is 12.0 Å². The van der Waals surface area contributed by atoms with Gasteiger partial charge in [0, 0.05) is 24.9 Å². The van der Waals surface area contributed by atoms with Crippen LogP contribution >= 0.6 is 0 Å². The molecule has 0 bridgehead atoms. The van der Waals surface area contributed by atoms with Crippen molar-refractivity contribution in [3.63, 3.8) is 0 Å². The van der Waals surface area contributed by atoms with Crippen LogP contribution in [0, 0.1) is 0 Å². The zero-order valence-electron chi connectivity index (χ0n) is 29.5. The standard InChI is InChI=1S/C29H49N13O12/c1-12(37-23(48)15(30)9-43)22(47)41-19(10-44)27(52)40-18(7-20(31)46)25(50)38-16(4-3-5-35-29(32)33)24(49)39-17(6-14-8-34-11-36-14)26(51)42-21(13(2)45)28(53)54/h8,11-13,15-19,21,43-45H,3-7,9-10,30H2,1-2H3,(H2,31,46)(H,34,36)(H,37,48)(H,38,50)(H,39,49)(H,40,52)(H,41,47)(H,42,51)(H,53,54)(H4,32,33,35)/t12-,13+,15-,16-,17-,18-,19-,21-/m0/s1. The van der Waals surface area contributed by atoms with E-state index in [1.165, 1.54) is 19.4 Å². The molecule has 0 saturated carbocycles. The van der Waals surface area contributed by atoms with E-state index in [1.807, 2.05) is 0 Å². The van der Waals surface area contributed by atoms with Gasteiger partial charge < -0.3 is 80.2 Å². The van der Waals surface area contributed by atoms with E-state index in [1.54, 1.807) is 0 Å². The van der Waals surface area contributed by atoms with Gasteiger partial charge in [-0.2, -0.15) is 0 Å². The van der Waals surface area contributed by atoms with E-state index >= 15 is 0 Å². The number of guanidine groups is 1. The summed E-state index contributed by atoms with van der Waals surface area (Å²) in [5.74, 6) is -9.17. The fourth-order valence-corrected chi connectivity index (χ4v) is 4.43. The van der Waals surface area contributed by atoms with Crippen LogP contribution < -0.4 is 54.8 Å². The van der Waals surface area contributed by atoms with Gasteiger partial charge in [0.25, 0.3) is 0 Å². The summed E-state index contributed by atoms with van der Waals surface area (Å²) in [4.78, 5) is 112. The number of amides is 7. The molecule has 1 aromatic rings. The molecule has 0 fully saturated rings. The van der Waals surface area contributed by atoms with Gasteiger partial charge in [0.05, 0.1) is 32.1 Å². The number of imidazole rings is 1. The third-order valence-corrected chi connectivity index (χ3v) is 7.38. The van der Waals surface area contributed by atoms with Crippen molar-refractivity contribution in [3.05, 3.63) is 18.2 Å². The molecule has 1 rings (SSSR count). The normalized spacial score (nSPS) is 15.3. The number of aromatic amines is 1. The van der Waals surface area contributed by atoms with Gasteiger partial charge in [-0.05, 0) is 26.7 Å². The molecule has 0 radical (unpaired) electrons. The molecule has 1 heterocycles. The van der Waals surface area contributed by atoms with Crippen LogP contribution in [0.2, 0.25) is 0 Å². The van der Waals surface area contributed by atoms with Crippen molar-refractivity contribution in [2.45, 2.75) is 87.9 Å². The molecule has 19 N–H and O–H groups in total. The van der Waals surface area contributed by atoms with Crippen molar-refractivity contribution >= 4 is 53.3 Å². The Morgan fingerprint density at radius 1 is 0.778 bits per heavy atom. The molecule has 25 nitrogen and oxygen atoms in total. The number of carbonyl (C=O) groups excluding carboxylic acids is 7. The van der Waals surface area contributed by atoms with E-state index in [9.17, 15) is 53.7 Å². The zero-order valence-corrected chi connectivity index (χ0v) is 29.5. The quantitative estimate of drug-likeness (QED) is 0.0264. The topological polar surface area (TPSA) is 435 Å². The second-order valence-electron chi connectivity index (χ2n) is 11.9. The second-order valence-corrected chi connectivity index (χ2v) is 11.9. The van der Waals surface area contributed by atoms with Crippen LogP contribution in [0.25, 0.3) is 0 Å². The number of H-pyrrole nitrogens is 1. The number of nitrogens with two attached hydrogens (primary N) is 4. The first kappa shape index (κ1) is 46.1. The van der Waals surface area contributed by atoms with Crippen LogP contribution in [0.1, 0.15) is 38.8 Å². The summed E-state index contributed by atoms with van der Waals surface area (Å²) in [7, 11) is 0. The lowest BCUT2D eigenvalue weighted by Gasteiger charge is -2.27. The Kier molecular flexibility index (Phi) is 19.5. The summed E-state index contributed by atoms with van der Waals surface area (Å²) in [6.45, 7) is 0.568. The number of aliphatic imine (C=N–C) groups is 1. The molecule has 1 aromatic heterocycles. The molecule has 7 amide bonds. The molecule has 8 atom stereocenters. The van der Waals surface area contributed by atoms with Crippen LogP contribution in [-0.2, 0) is 44.8 Å². The Morgan fingerprint density at radius 2 is 1.33 bits per heavy atom. The van der Waals surface area contributed by atoms with Crippen LogP contribution in [0.4, 0.5) is 0 Å². The van der Waals surface area contributed by atoms with E-state index < -0.39 is 115 Å². The van der Waals surface area contributed by atoms with Gasteiger partial charge in [0.1, 0.15) is 36.3 Å². The van der Waals surface area contributed by atoms with E-state index in [-0.39, 0.29) is 31.8 Å². The number of rotatable bonds is 24. The maximum Gasteiger partial charge on any atom is 0.328 e. The predicted molar refractivity (Wildman–Crippen MR) is 185 cm³/mol. The van der Waals surface area contributed by atoms with Crippen molar-refractivity contribution in [1.29, 1.82) is 0 Å². The number of primary amides is 1. The largest absolute Gasteiger partial charge is 0.480 e. The van der Waals surface area contributed by atoms with Crippen LogP contribution in [0.15, 0.2) is 17.5 Å². The van der Waals surface area contributed by atoms with Crippen molar-refractivity contribution in [2.75, 3.05) is 19.8 Å². The fourth-order valence-electron chi connectivity index (χ4n) is 4.43. The number of carbonyl (C=O) groups is 8. The molecule has 0 aliphatic heterocycles. The fraction of sp³-hybridized carbons (Fsp3) is 0.586. The van der Waals surface area contributed by atoms with E-state index in [0.717, 1.165) is 6.92 Å². The number of carboxylic acid groups (broad SMARTS) is 1. The third-order valence-electron chi connectivity index (χ3n) is 7.38. The minimum absolute atomic E-state index is 0.0289. The average Bonchev–Trinajstić information content (AvgIpc) is 3.61. The minimum atomic E-state index is -1.79. The molecule has 0 aliphatic carbocycles. The SMILES string of the molecule is C[C@H](NC(=O)[C@@H](N)CO)C(=O)N[C@@H](CO)C(=O)N[C@@H](CC(N)=O)C(=O)N[C@@H](CCCN=C(N)N)C(=O)N[C@@H](Cc1cnc[nH]1)C(=O)N[C@H](C(=O)O)[C@@H](C)O. The second kappa shape index (κ2) is 22.9. The maximum absolute atomic E-state index is 13.7. The lowest BCUT2D eigenvalue weighted by atomic mass is 10.1. The number of carboxylic acids is 1. The van der Waals surface area contributed by atoms with Gasteiger partial charge >= 0.3 is 5.97 Å². The summed E-state index contributed by atoms with van der Waals surface area (Å²) in [5.41, 5.74) is 21.7. The maximum atomic E-state index is 13.7. The number of aliphatic hydroxyl groups is 3. The molecule has 0 saturated heterocycles. The highest BCUT2D eigenvalue weighted by atomic mass is 16.4. The summed E-state index contributed by atoms with van der Waals surface area (Å²) in [6, 6.07) is -11.0. The van der Waals surface area contributed by atoms with Crippen LogP contribution in [0.3, 0.4) is 0 Å². The van der Waals surface area contributed by atoms with Crippen molar-refractivity contribution < 1.29 is 58.8 Å². The van der Waals surface area contributed by atoms with Gasteiger partial charge in [0.2, 0.25) is 41.4 Å². The smallest absolute Gasteiger partial charge is 0.328 e. The first-order valence-corrected chi connectivity index (χ1v) is 16.3. The summed E-state index contributed by atoms with van der Waals surface area (Å²) >= 11 is 0. The molecule has 302 valence electrons. The Hall–Kier alpha value is -5.92. The molecule has 0 aromatic carbocycles. The van der Waals surface area contributed by atoms with Gasteiger partial charge in [-0.1, -0.05) is 0 Å². The van der Waals surface area contributed by atoms with Gasteiger partial charge in [-0.15, -0.1) is 0 Å². The number of aliphatic hydroxyl groups excluding tert-OH is 3. The number of hydrogen-bond acceptors (Lipinski definition) is 14. The Balaban J connectivity index is 3.29. The van der Waals surface area contributed by atoms with E-state index in [2.05, 4.69) is 46.9 Å². The molecule has 54 heavy (non-hydrogen) atoms. The van der Waals surface area contributed by atoms with E-state index in [0.29, 0.717) is 5.69 Å². The highest BCUT2D eigenvalue weighted by molar-refractivity contribution is 5.98. The summed E-state index contributed by atoms with van der Waals surface area (Å²) in [6.07, 6.45) is -0.167. The third kappa shape index (κ3) is 16.2. The van der Waals surface area contributed by atoms with Crippen LogP contribution in [0.5, 0.6) is 0 Å². The average molecular weight is 772 g/mol. The Morgan fingerprint density at radius 3 is 1.85 bits per heavy atom. The van der Waals surface area contributed by atoms with Gasteiger partial charge in [-0.3, -0.25) is 38.6 Å². The Labute approximate surface area is 307 Å². The van der Waals surface area contributed by atoms with Crippen molar-refractivity contribution in [3.8, 4) is 0 Å². The highest BCUT2D eigenvalue weighted by Crippen LogP contribution is 2.06. The van der Waals surface area contributed by atoms with E-state index in [4.69, 9.17) is 28.0 Å². The summed E-state index contributed by atoms with van der Waals surface area (Å²) < 4.78 is 0. The molecular formula is C29H49N13O12. The lowest BCUT2D eigenvalue weighted by Crippen LogP contribution is -2.61. The van der Waals surface area contributed by atoms with Crippen molar-refractivity contribution in [2.24, 2.45) is 27.9 Å². The van der Waals surface area contributed by atoms with Crippen molar-refractivity contribution in [1.82, 2.24) is 41.9 Å². The number of nitrogens with one attached hydrogen (secondary N) is 7. The predicted octanol–water partition coefficient (Wildman–Crippen LogP) is -8.41. The first-order chi connectivity index (χ1) is 25.3. The minimum Gasteiger partial charge on any atom is -0.480 e.